The summed E-state index contributed by atoms with van der Waals surface area (Å²) < 4.78 is 27.2. The van der Waals surface area contributed by atoms with Crippen LogP contribution in [0.2, 0.25) is 0 Å². The fourth-order valence-electron chi connectivity index (χ4n) is 2.26. The molecule has 1 aromatic rings. The van der Waals surface area contributed by atoms with Crippen LogP contribution in [-0.2, 0) is 14.8 Å². The number of anilines is 1. The minimum atomic E-state index is -3.49. The number of para-hydroxylation sites is 1. The van der Waals surface area contributed by atoms with Gasteiger partial charge in [0.05, 0.1) is 5.69 Å². The molecule has 1 saturated heterocycles. The number of nitrogens with zero attached hydrogens (tertiary/aromatic N) is 1. The maximum atomic E-state index is 12.3. The predicted molar refractivity (Wildman–Crippen MR) is 78.4 cm³/mol. The van der Waals surface area contributed by atoms with Crippen molar-refractivity contribution in [3.05, 3.63) is 24.3 Å². The third-order valence-corrected chi connectivity index (χ3v) is 4.87. The SMILES string of the molecule is CCCNS(=O)(=O)c1ccccc1N1CCC(=O)CC1. The van der Waals surface area contributed by atoms with Gasteiger partial charge in [0.1, 0.15) is 10.7 Å². The van der Waals surface area contributed by atoms with E-state index in [0.29, 0.717) is 43.1 Å². The second-order valence-corrected chi connectivity index (χ2v) is 6.63. The van der Waals surface area contributed by atoms with Gasteiger partial charge in [-0.2, -0.15) is 0 Å². The molecule has 110 valence electrons. The number of benzene rings is 1. The third-order valence-electron chi connectivity index (χ3n) is 3.36. The molecular weight excluding hydrogens is 276 g/mol. The highest BCUT2D eigenvalue weighted by Gasteiger charge is 2.23. The maximum absolute atomic E-state index is 12.3. The molecule has 0 atom stereocenters. The smallest absolute Gasteiger partial charge is 0.242 e. The van der Waals surface area contributed by atoms with E-state index in [-0.39, 0.29) is 5.78 Å². The molecule has 0 aliphatic carbocycles. The van der Waals surface area contributed by atoms with Crippen molar-refractivity contribution in [2.24, 2.45) is 0 Å². The number of ketones is 1. The Morgan fingerprint density at radius 1 is 1.20 bits per heavy atom. The molecule has 1 aliphatic rings. The molecule has 5 nitrogen and oxygen atoms in total. The Hall–Kier alpha value is -1.40. The number of rotatable bonds is 5. The van der Waals surface area contributed by atoms with Crippen LogP contribution in [0.5, 0.6) is 0 Å². The average Bonchev–Trinajstić information content (AvgIpc) is 2.46. The van der Waals surface area contributed by atoms with E-state index in [1.165, 1.54) is 0 Å². The Balaban J connectivity index is 2.28. The van der Waals surface area contributed by atoms with Gasteiger partial charge in [-0.05, 0) is 18.6 Å². The molecule has 2 rings (SSSR count). The van der Waals surface area contributed by atoms with Crippen LogP contribution in [0.15, 0.2) is 29.2 Å². The quantitative estimate of drug-likeness (QED) is 0.895. The van der Waals surface area contributed by atoms with Crippen molar-refractivity contribution in [3.8, 4) is 0 Å². The summed E-state index contributed by atoms with van der Waals surface area (Å²) in [6.45, 7) is 3.51. The van der Waals surface area contributed by atoms with Crippen molar-refractivity contribution in [1.82, 2.24) is 4.72 Å². The lowest BCUT2D eigenvalue weighted by atomic mass is 10.1. The first-order valence-electron chi connectivity index (χ1n) is 6.90. The zero-order valence-electron chi connectivity index (χ0n) is 11.6. The highest BCUT2D eigenvalue weighted by molar-refractivity contribution is 7.89. The first kappa shape index (κ1) is 15.0. The standard InChI is InChI=1S/C14H20N2O3S/c1-2-9-15-20(18,19)14-6-4-3-5-13(14)16-10-7-12(17)8-11-16/h3-6,15H,2,7-11H2,1H3. The number of carbonyl (C=O) groups is 1. The number of piperidine rings is 1. The lowest BCUT2D eigenvalue weighted by Gasteiger charge is -2.29. The van der Waals surface area contributed by atoms with Gasteiger partial charge in [-0.25, -0.2) is 13.1 Å². The Kier molecular flexibility index (Phi) is 4.77. The van der Waals surface area contributed by atoms with Crippen LogP contribution < -0.4 is 9.62 Å². The van der Waals surface area contributed by atoms with E-state index in [0.717, 1.165) is 6.42 Å². The van der Waals surface area contributed by atoms with E-state index < -0.39 is 10.0 Å². The summed E-state index contributed by atoms with van der Waals surface area (Å²) >= 11 is 0. The van der Waals surface area contributed by atoms with E-state index in [9.17, 15) is 13.2 Å². The summed E-state index contributed by atoms with van der Waals surface area (Å²) in [6.07, 6.45) is 1.72. The van der Waals surface area contributed by atoms with Gasteiger partial charge in [-0.3, -0.25) is 4.79 Å². The number of Topliss-reactive ketones (excluding diaryl/α,β-unsaturated/α-hetero) is 1. The van der Waals surface area contributed by atoms with E-state index >= 15 is 0 Å². The Bertz CT molecular complexity index is 574. The van der Waals surface area contributed by atoms with Gasteiger partial charge in [-0.1, -0.05) is 19.1 Å². The third kappa shape index (κ3) is 3.37. The summed E-state index contributed by atoms with van der Waals surface area (Å²) in [5.74, 6) is 0.241. The summed E-state index contributed by atoms with van der Waals surface area (Å²) in [7, 11) is -3.49. The molecule has 0 spiro atoms. The molecule has 1 N–H and O–H groups in total. The minimum Gasteiger partial charge on any atom is -0.370 e. The highest BCUT2D eigenvalue weighted by Crippen LogP contribution is 2.26. The van der Waals surface area contributed by atoms with Gasteiger partial charge in [0.2, 0.25) is 10.0 Å². The molecule has 0 unspecified atom stereocenters. The van der Waals surface area contributed by atoms with Gasteiger partial charge in [-0.15, -0.1) is 0 Å². The van der Waals surface area contributed by atoms with Gasteiger partial charge in [0.25, 0.3) is 0 Å². The zero-order valence-corrected chi connectivity index (χ0v) is 12.4. The minimum absolute atomic E-state index is 0.241. The first-order valence-corrected chi connectivity index (χ1v) is 8.38. The Morgan fingerprint density at radius 2 is 1.85 bits per heavy atom. The lowest BCUT2D eigenvalue weighted by Crippen LogP contribution is -2.35. The molecule has 0 amide bonds. The van der Waals surface area contributed by atoms with Crippen molar-refractivity contribution < 1.29 is 13.2 Å². The van der Waals surface area contributed by atoms with Crippen LogP contribution in [0, 0.1) is 0 Å². The molecule has 6 heteroatoms. The van der Waals surface area contributed by atoms with E-state index in [4.69, 9.17) is 0 Å². The van der Waals surface area contributed by atoms with E-state index in [1.54, 1.807) is 18.2 Å². The van der Waals surface area contributed by atoms with Crippen molar-refractivity contribution in [3.63, 3.8) is 0 Å². The monoisotopic (exact) mass is 296 g/mol. The van der Waals surface area contributed by atoms with E-state index in [2.05, 4.69) is 4.72 Å². The largest absolute Gasteiger partial charge is 0.370 e. The van der Waals surface area contributed by atoms with Crippen LogP contribution in [0.25, 0.3) is 0 Å². The van der Waals surface area contributed by atoms with Crippen LogP contribution in [0.3, 0.4) is 0 Å². The Labute approximate surface area is 120 Å². The van der Waals surface area contributed by atoms with Crippen molar-refractivity contribution in [2.45, 2.75) is 31.1 Å². The second-order valence-electron chi connectivity index (χ2n) is 4.89. The number of carbonyl (C=O) groups excluding carboxylic acids is 1. The summed E-state index contributed by atoms with van der Waals surface area (Å²) in [4.78, 5) is 13.6. The molecule has 20 heavy (non-hydrogen) atoms. The van der Waals surface area contributed by atoms with Crippen molar-refractivity contribution in [1.29, 1.82) is 0 Å². The molecule has 0 aromatic heterocycles. The van der Waals surface area contributed by atoms with Gasteiger partial charge < -0.3 is 4.90 Å². The van der Waals surface area contributed by atoms with Crippen LogP contribution in [-0.4, -0.2) is 33.8 Å². The summed E-state index contributed by atoms with van der Waals surface area (Å²) in [6, 6.07) is 6.96. The topological polar surface area (TPSA) is 66.5 Å². The van der Waals surface area contributed by atoms with Crippen molar-refractivity contribution >= 4 is 21.5 Å². The second kappa shape index (κ2) is 6.37. The van der Waals surface area contributed by atoms with Crippen LogP contribution in [0.1, 0.15) is 26.2 Å². The fourth-order valence-corrected chi connectivity index (χ4v) is 3.62. The first-order chi connectivity index (χ1) is 9.54. The maximum Gasteiger partial charge on any atom is 0.242 e. The predicted octanol–water partition coefficient (Wildman–Crippen LogP) is 1.54. The number of nitrogens with one attached hydrogen (secondary N) is 1. The molecule has 1 aromatic carbocycles. The molecule has 0 bridgehead atoms. The molecule has 1 heterocycles. The molecule has 0 radical (unpaired) electrons. The van der Waals surface area contributed by atoms with Gasteiger partial charge >= 0.3 is 0 Å². The highest BCUT2D eigenvalue weighted by atomic mass is 32.2. The van der Waals surface area contributed by atoms with E-state index in [1.807, 2.05) is 17.9 Å². The van der Waals surface area contributed by atoms with Gasteiger partial charge in [0, 0.05) is 32.5 Å². The number of hydrogen-bond donors (Lipinski definition) is 1. The summed E-state index contributed by atoms with van der Waals surface area (Å²) in [5, 5.41) is 0. The number of sulfonamides is 1. The molecule has 1 fully saturated rings. The van der Waals surface area contributed by atoms with Crippen LogP contribution >= 0.6 is 0 Å². The van der Waals surface area contributed by atoms with Crippen molar-refractivity contribution in [2.75, 3.05) is 24.5 Å². The summed E-state index contributed by atoms with van der Waals surface area (Å²) in [5.41, 5.74) is 0.684. The number of hydrogen-bond acceptors (Lipinski definition) is 4. The van der Waals surface area contributed by atoms with Gasteiger partial charge in [0.15, 0.2) is 0 Å². The molecule has 1 aliphatic heterocycles. The van der Waals surface area contributed by atoms with Crippen LogP contribution in [0.4, 0.5) is 5.69 Å². The molecule has 0 saturated carbocycles. The molecular formula is C14H20N2O3S. The zero-order chi connectivity index (χ0) is 14.6. The lowest BCUT2D eigenvalue weighted by molar-refractivity contribution is -0.119. The Morgan fingerprint density at radius 3 is 2.50 bits per heavy atom. The average molecular weight is 296 g/mol. The fraction of sp³-hybridized carbons (Fsp3) is 0.500. The normalized spacial score (nSPS) is 16.4.